The summed E-state index contributed by atoms with van der Waals surface area (Å²) in [5, 5.41) is 4.28. The van der Waals surface area contributed by atoms with E-state index in [2.05, 4.69) is 31.4 Å². The summed E-state index contributed by atoms with van der Waals surface area (Å²) in [4.78, 5) is 0. The lowest BCUT2D eigenvalue weighted by atomic mass is 9.86. The van der Waals surface area contributed by atoms with E-state index in [1.54, 1.807) is 0 Å². The Kier molecular flexibility index (Phi) is 3.88. The molecule has 0 radical (unpaired) electrons. The van der Waals surface area contributed by atoms with Crippen molar-refractivity contribution in [2.24, 2.45) is 11.8 Å². The summed E-state index contributed by atoms with van der Waals surface area (Å²) in [6.45, 7) is 2.37. The van der Waals surface area contributed by atoms with Crippen LogP contribution in [-0.2, 0) is 0 Å². The molecule has 1 nitrogen and oxygen atoms in total. The summed E-state index contributed by atoms with van der Waals surface area (Å²) in [5.41, 5.74) is 1.37. The fraction of sp³-hybridized carbons (Fsp3) is 0.571. The lowest BCUT2D eigenvalue weighted by Crippen LogP contribution is -2.26. The first-order chi connectivity index (χ1) is 7.72. The van der Waals surface area contributed by atoms with Gasteiger partial charge in [-0.25, -0.2) is 0 Å². The Morgan fingerprint density at radius 3 is 2.44 bits per heavy atom. The number of halogens is 1. The summed E-state index contributed by atoms with van der Waals surface area (Å²) >= 11 is 5.93. The summed E-state index contributed by atoms with van der Waals surface area (Å²) in [6.07, 6.45) is 4.09. The molecule has 0 aromatic heterocycles. The highest BCUT2D eigenvalue weighted by Gasteiger charge is 2.30. The highest BCUT2D eigenvalue weighted by atomic mass is 35.5. The molecule has 1 aliphatic rings. The molecule has 1 saturated carbocycles. The minimum atomic E-state index is 0.481. The van der Waals surface area contributed by atoms with Crippen LogP contribution in [0.1, 0.15) is 37.8 Å². The molecule has 3 atom stereocenters. The Labute approximate surface area is 103 Å². The fourth-order valence-corrected chi connectivity index (χ4v) is 3.09. The van der Waals surface area contributed by atoms with Crippen LogP contribution in [0.25, 0.3) is 0 Å². The maximum Gasteiger partial charge on any atom is 0.0406 e. The van der Waals surface area contributed by atoms with Crippen LogP contribution in [0.2, 0.25) is 5.02 Å². The van der Waals surface area contributed by atoms with Gasteiger partial charge in [-0.1, -0.05) is 43.5 Å². The van der Waals surface area contributed by atoms with Crippen LogP contribution in [0.3, 0.4) is 0 Å². The average molecular weight is 238 g/mol. The van der Waals surface area contributed by atoms with Gasteiger partial charge in [-0.2, -0.15) is 0 Å². The van der Waals surface area contributed by atoms with Gasteiger partial charge in [0, 0.05) is 11.1 Å². The third-order valence-electron chi connectivity index (χ3n) is 3.90. The van der Waals surface area contributed by atoms with Crippen molar-refractivity contribution in [3.63, 3.8) is 0 Å². The van der Waals surface area contributed by atoms with Crippen molar-refractivity contribution in [2.75, 3.05) is 7.05 Å². The van der Waals surface area contributed by atoms with Crippen LogP contribution in [-0.4, -0.2) is 7.05 Å². The summed E-state index contributed by atoms with van der Waals surface area (Å²) < 4.78 is 0. The minimum absolute atomic E-state index is 0.481. The van der Waals surface area contributed by atoms with E-state index in [0.29, 0.717) is 6.04 Å². The van der Waals surface area contributed by atoms with Crippen LogP contribution >= 0.6 is 11.6 Å². The second-order valence-corrected chi connectivity index (χ2v) is 5.33. The monoisotopic (exact) mass is 237 g/mol. The number of benzene rings is 1. The second kappa shape index (κ2) is 5.20. The van der Waals surface area contributed by atoms with E-state index in [1.807, 2.05) is 12.1 Å². The van der Waals surface area contributed by atoms with Crippen molar-refractivity contribution in [3.05, 3.63) is 34.9 Å². The normalized spacial score (nSPS) is 26.9. The van der Waals surface area contributed by atoms with Gasteiger partial charge in [0.25, 0.3) is 0 Å². The molecule has 1 aromatic carbocycles. The predicted molar refractivity (Wildman–Crippen MR) is 69.8 cm³/mol. The molecule has 1 aromatic rings. The third-order valence-corrected chi connectivity index (χ3v) is 4.15. The van der Waals surface area contributed by atoms with E-state index in [0.717, 1.165) is 16.9 Å². The fourth-order valence-electron chi connectivity index (χ4n) is 2.97. The first-order valence-corrected chi connectivity index (χ1v) is 6.53. The Bertz CT molecular complexity index is 333. The zero-order chi connectivity index (χ0) is 11.5. The van der Waals surface area contributed by atoms with Gasteiger partial charge < -0.3 is 5.32 Å². The van der Waals surface area contributed by atoms with E-state index in [9.17, 15) is 0 Å². The van der Waals surface area contributed by atoms with E-state index >= 15 is 0 Å². The highest BCUT2D eigenvalue weighted by molar-refractivity contribution is 6.30. The molecule has 2 heteroatoms. The van der Waals surface area contributed by atoms with E-state index in [-0.39, 0.29) is 0 Å². The molecule has 0 bridgehead atoms. The Hall–Kier alpha value is -0.530. The Morgan fingerprint density at radius 1 is 1.25 bits per heavy atom. The molecule has 0 spiro atoms. The Balaban J connectivity index is 2.18. The van der Waals surface area contributed by atoms with Crippen molar-refractivity contribution in [1.29, 1.82) is 0 Å². The van der Waals surface area contributed by atoms with Gasteiger partial charge in [-0.05, 0) is 43.0 Å². The molecule has 0 heterocycles. The standard InChI is InChI=1S/C14H20ClN/c1-10-4-3-5-13(10)14(16-2)11-6-8-12(15)9-7-11/h6-10,13-14,16H,3-5H2,1-2H3. The lowest BCUT2D eigenvalue weighted by molar-refractivity contribution is 0.315. The maximum absolute atomic E-state index is 5.93. The molecule has 0 aliphatic heterocycles. The van der Waals surface area contributed by atoms with Crippen LogP contribution in [0.5, 0.6) is 0 Å². The van der Waals surface area contributed by atoms with Gasteiger partial charge in [-0.15, -0.1) is 0 Å². The van der Waals surface area contributed by atoms with Gasteiger partial charge in [0.2, 0.25) is 0 Å². The number of rotatable bonds is 3. The maximum atomic E-state index is 5.93. The number of hydrogen-bond acceptors (Lipinski definition) is 1. The summed E-state index contributed by atoms with van der Waals surface area (Å²) in [7, 11) is 2.06. The van der Waals surface area contributed by atoms with E-state index in [1.165, 1.54) is 24.8 Å². The molecule has 16 heavy (non-hydrogen) atoms. The first-order valence-electron chi connectivity index (χ1n) is 6.15. The molecule has 0 amide bonds. The molecule has 1 fully saturated rings. The van der Waals surface area contributed by atoms with Crippen molar-refractivity contribution in [3.8, 4) is 0 Å². The Morgan fingerprint density at radius 2 is 1.94 bits per heavy atom. The van der Waals surface area contributed by atoms with Gasteiger partial charge >= 0.3 is 0 Å². The zero-order valence-corrected chi connectivity index (χ0v) is 10.8. The van der Waals surface area contributed by atoms with Crippen LogP contribution in [0, 0.1) is 11.8 Å². The SMILES string of the molecule is CNC(c1ccc(Cl)cc1)C1CCCC1C. The van der Waals surface area contributed by atoms with E-state index < -0.39 is 0 Å². The number of nitrogens with one attached hydrogen (secondary N) is 1. The topological polar surface area (TPSA) is 12.0 Å². The summed E-state index contributed by atoms with van der Waals surface area (Å²) in [5.74, 6) is 1.60. The van der Waals surface area contributed by atoms with Gasteiger partial charge in [0.15, 0.2) is 0 Å². The van der Waals surface area contributed by atoms with Crippen molar-refractivity contribution in [1.82, 2.24) is 5.32 Å². The molecular formula is C14H20ClN. The smallest absolute Gasteiger partial charge is 0.0406 e. The van der Waals surface area contributed by atoms with E-state index in [4.69, 9.17) is 11.6 Å². The lowest BCUT2D eigenvalue weighted by Gasteiger charge is -2.27. The molecular weight excluding hydrogens is 218 g/mol. The zero-order valence-electron chi connectivity index (χ0n) is 10.0. The number of hydrogen-bond donors (Lipinski definition) is 1. The predicted octanol–water partition coefficient (Wildman–Crippen LogP) is 4.04. The largest absolute Gasteiger partial charge is 0.313 e. The quantitative estimate of drug-likeness (QED) is 0.837. The molecule has 0 saturated heterocycles. The van der Waals surface area contributed by atoms with Gasteiger partial charge in [0.1, 0.15) is 0 Å². The molecule has 88 valence electrons. The van der Waals surface area contributed by atoms with Crippen LogP contribution in [0.4, 0.5) is 0 Å². The molecule has 1 N–H and O–H groups in total. The second-order valence-electron chi connectivity index (χ2n) is 4.89. The van der Waals surface area contributed by atoms with Crippen molar-refractivity contribution >= 4 is 11.6 Å². The van der Waals surface area contributed by atoms with Gasteiger partial charge in [-0.3, -0.25) is 0 Å². The summed E-state index contributed by atoms with van der Waals surface area (Å²) in [6, 6.07) is 8.75. The van der Waals surface area contributed by atoms with Crippen molar-refractivity contribution in [2.45, 2.75) is 32.2 Å². The molecule has 1 aliphatic carbocycles. The highest BCUT2D eigenvalue weighted by Crippen LogP contribution is 2.39. The molecule has 2 rings (SSSR count). The van der Waals surface area contributed by atoms with Crippen LogP contribution in [0.15, 0.2) is 24.3 Å². The average Bonchev–Trinajstić information content (AvgIpc) is 2.69. The van der Waals surface area contributed by atoms with Crippen molar-refractivity contribution < 1.29 is 0 Å². The van der Waals surface area contributed by atoms with Crippen LogP contribution < -0.4 is 5.32 Å². The first kappa shape index (κ1) is 11.9. The van der Waals surface area contributed by atoms with Gasteiger partial charge in [0.05, 0.1) is 0 Å². The minimum Gasteiger partial charge on any atom is -0.313 e. The third kappa shape index (κ3) is 2.41. The molecule has 3 unspecified atom stereocenters.